The van der Waals surface area contributed by atoms with E-state index < -0.39 is 0 Å². The minimum atomic E-state index is -0.128. The lowest BCUT2D eigenvalue weighted by molar-refractivity contribution is 0.0655. The second-order valence-corrected chi connectivity index (χ2v) is 10.0. The topological polar surface area (TPSA) is 78.7 Å². The van der Waals surface area contributed by atoms with E-state index in [-0.39, 0.29) is 17.9 Å². The fourth-order valence-corrected chi connectivity index (χ4v) is 5.60. The maximum atomic E-state index is 13.6. The van der Waals surface area contributed by atoms with Crippen molar-refractivity contribution in [3.8, 4) is 0 Å². The van der Waals surface area contributed by atoms with Crippen LogP contribution >= 0.6 is 0 Å². The number of pyridine rings is 1. The van der Waals surface area contributed by atoms with Crippen LogP contribution in [0.15, 0.2) is 47.1 Å². The summed E-state index contributed by atoms with van der Waals surface area (Å²) in [5.41, 5.74) is 2.53. The third-order valence-corrected chi connectivity index (χ3v) is 7.53. The molecule has 36 heavy (non-hydrogen) atoms. The van der Waals surface area contributed by atoms with Gasteiger partial charge in [-0.25, -0.2) is 4.98 Å². The van der Waals surface area contributed by atoms with E-state index in [1.807, 2.05) is 41.3 Å². The number of para-hydroxylation sites is 1. The Labute approximate surface area is 212 Å². The van der Waals surface area contributed by atoms with Gasteiger partial charge < -0.3 is 14.6 Å². The van der Waals surface area contributed by atoms with Crippen molar-refractivity contribution in [3.05, 3.63) is 65.2 Å². The summed E-state index contributed by atoms with van der Waals surface area (Å²) in [4.78, 5) is 36.0. The van der Waals surface area contributed by atoms with Crippen molar-refractivity contribution in [2.75, 3.05) is 19.6 Å². The maximum absolute atomic E-state index is 13.6. The summed E-state index contributed by atoms with van der Waals surface area (Å²) in [6, 6.07) is 11.8. The molecule has 2 aromatic heterocycles. The number of nitrogens with one attached hydrogen (secondary N) is 1. The molecule has 5 rings (SSSR count). The average molecular weight is 489 g/mol. The fraction of sp³-hybridized carbons (Fsp3) is 0.483. The van der Waals surface area contributed by atoms with E-state index in [1.165, 1.54) is 6.42 Å². The fourth-order valence-electron chi connectivity index (χ4n) is 5.60. The minimum absolute atomic E-state index is 0.0270. The molecule has 190 valence electrons. The number of unbranched alkanes of at least 4 members (excludes halogenated alkanes) is 1. The van der Waals surface area contributed by atoms with E-state index in [2.05, 4.69) is 17.1 Å². The van der Waals surface area contributed by atoms with Gasteiger partial charge in [0.1, 0.15) is 11.5 Å². The summed E-state index contributed by atoms with van der Waals surface area (Å²) >= 11 is 0. The van der Waals surface area contributed by atoms with E-state index in [0.717, 1.165) is 74.9 Å². The van der Waals surface area contributed by atoms with Gasteiger partial charge in [-0.3, -0.25) is 14.5 Å². The number of fused-ring (bicyclic) bond motifs is 2. The summed E-state index contributed by atoms with van der Waals surface area (Å²) in [5.74, 6) is 0.772. The van der Waals surface area contributed by atoms with Crippen molar-refractivity contribution in [1.82, 2.24) is 20.1 Å². The van der Waals surface area contributed by atoms with E-state index in [0.29, 0.717) is 29.9 Å². The van der Waals surface area contributed by atoms with Crippen LogP contribution in [-0.2, 0) is 13.1 Å². The molecule has 1 N–H and O–H groups in total. The lowest BCUT2D eigenvalue weighted by Crippen LogP contribution is -2.37. The molecule has 0 saturated heterocycles. The summed E-state index contributed by atoms with van der Waals surface area (Å²) in [5, 5.41) is 3.96. The number of hydrogen-bond donors (Lipinski definition) is 1. The normalized spacial score (nSPS) is 16.2. The van der Waals surface area contributed by atoms with E-state index in [4.69, 9.17) is 9.40 Å². The zero-order valence-electron chi connectivity index (χ0n) is 21.2. The first-order chi connectivity index (χ1) is 17.7. The maximum Gasteiger partial charge on any atom is 0.273 e. The molecule has 2 aliphatic rings. The Kier molecular flexibility index (Phi) is 7.66. The van der Waals surface area contributed by atoms with Crippen LogP contribution in [0.2, 0.25) is 0 Å². The zero-order chi connectivity index (χ0) is 24.9. The number of amides is 2. The number of furan rings is 1. The number of aromatic nitrogens is 1. The number of nitrogens with zero attached hydrogens (tertiary/aromatic N) is 3. The first-order valence-corrected chi connectivity index (χ1v) is 13.4. The molecule has 0 bridgehead atoms. The van der Waals surface area contributed by atoms with Gasteiger partial charge in [-0.1, -0.05) is 50.8 Å². The Morgan fingerprint density at radius 3 is 2.75 bits per heavy atom. The van der Waals surface area contributed by atoms with Gasteiger partial charge in [0, 0.05) is 36.6 Å². The Morgan fingerprint density at radius 1 is 1.14 bits per heavy atom. The van der Waals surface area contributed by atoms with Gasteiger partial charge in [0.25, 0.3) is 11.8 Å². The summed E-state index contributed by atoms with van der Waals surface area (Å²) in [7, 11) is 0. The lowest BCUT2D eigenvalue weighted by Gasteiger charge is -2.30. The first kappa shape index (κ1) is 24.5. The molecule has 1 aliphatic heterocycles. The minimum Gasteiger partial charge on any atom is -0.468 e. The highest BCUT2D eigenvalue weighted by Crippen LogP contribution is 2.34. The van der Waals surface area contributed by atoms with Gasteiger partial charge >= 0.3 is 0 Å². The Morgan fingerprint density at radius 2 is 1.97 bits per heavy atom. The van der Waals surface area contributed by atoms with Crippen LogP contribution in [0, 0.1) is 0 Å². The third-order valence-electron chi connectivity index (χ3n) is 7.53. The largest absolute Gasteiger partial charge is 0.468 e. The molecule has 2 amide bonds. The molecular weight excluding hydrogens is 452 g/mol. The van der Waals surface area contributed by atoms with Crippen molar-refractivity contribution < 1.29 is 14.0 Å². The standard InChI is InChI=1S/C29H36N4O3/c1-2-3-16-32(19-22-12-9-18-36-22)17-15-30-28(34)26-23-13-7-8-14-25(23)31-27-24(26)20-33(29(27)35)21-10-5-4-6-11-21/h7-9,12-14,18,21H,2-6,10-11,15-17,19-20H2,1H3,(H,30,34). The molecule has 3 aromatic rings. The molecule has 7 heteroatoms. The summed E-state index contributed by atoms with van der Waals surface area (Å²) in [6.07, 6.45) is 9.50. The molecule has 7 nitrogen and oxygen atoms in total. The van der Waals surface area contributed by atoms with E-state index in [9.17, 15) is 9.59 Å². The Bertz CT molecular complexity index is 1200. The smallest absolute Gasteiger partial charge is 0.273 e. The van der Waals surface area contributed by atoms with Gasteiger partial charge in [-0.05, 0) is 44.0 Å². The molecular formula is C29H36N4O3. The molecule has 0 spiro atoms. The average Bonchev–Trinajstić information content (AvgIpc) is 3.54. The number of carbonyl (C=O) groups is 2. The van der Waals surface area contributed by atoms with Gasteiger partial charge in [-0.15, -0.1) is 0 Å². The predicted octanol–water partition coefficient (Wildman–Crippen LogP) is 5.15. The van der Waals surface area contributed by atoms with Crippen LogP contribution in [-0.4, -0.2) is 52.3 Å². The first-order valence-electron chi connectivity index (χ1n) is 13.4. The molecule has 0 radical (unpaired) electrons. The van der Waals surface area contributed by atoms with Crippen LogP contribution in [0.1, 0.15) is 84.0 Å². The van der Waals surface area contributed by atoms with Crippen LogP contribution in [0.3, 0.4) is 0 Å². The van der Waals surface area contributed by atoms with Crippen LogP contribution in [0.5, 0.6) is 0 Å². The highest BCUT2D eigenvalue weighted by atomic mass is 16.3. The summed E-state index contributed by atoms with van der Waals surface area (Å²) < 4.78 is 5.54. The molecule has 3 heterocycles. The number of benzene rings is 1. The van der Waals surface area contributed by atoms with Gasteiger partial charge in [-0.2, -0.15) is 0 Å². The van der Waals surface area contributed by atoms with Gasteiger partial charge in [0.2, 0.25) is 0 Å². The monoisotopic (exact) mass is 488 g/mol. The highest BCUT2D eigenvalue weighted by molar-refractivity contribution is 6.11. The second-order valence-electron chi connectivity index (χ2n) is 10.0. The molecule has 1 saturated carbocycles. The Balaban J connectivity index is 1.35. The van der Waals surface area contributed by atoms with E-state index >= 15 is 0 Å². The second kappa shape index (κ2) is 11.2. The van der Waals surface area contributed by atoms with Crippen molar-refractivity contribution in [1.29, 1.82) is 0 Å². The van der Waals surface area contributed by atoms with Crippen LogP contribution in [0.25, 0.3) is 10.9 Å². The third kappa shape index (κ3) is 5.16. The quantitative estimate of drug-likeness (QED) is 0.427. The van der Waals surface area contributed by atoms with Crippen molar-refractivity contribution in [2.45, 2.75) is 71.0 Å². The molecule has 0 unspecified atom stereocenters. The Hall–Kier alpha value is -3.19. The highest BCUT2D eigenvalue weighted by Gasteiger charge is 2.38. The lowest BCUT2D eigenvalue weighted by atomic mass is 9.94. The predicted molar refractivity (Wildman–Crippen MR) is 140 cm³/mol. The van der Waals surface area contributed by atoms with Gasteiger partial charge in [0.05, 0.1) is 23.9 Å². The van der Waals surface area contributed by atoms with E-state index in [1.54, 1.807) is 6.26 Å². The molecule has 0 atom stereocenters. The van der Waals surface area contributed by atoms with Crippen LogP contribution in [0.4, 0.5) is 0 Å². The van der Waals surface area contributed by atoms with Gasteiger partial charge in [0.15, 0.2) is 0 Å². The van der Waals surface area contributed by atoms with Crippen LogP contribution < -0.4 is 5.32 Å². The molecule has 1 aliphatic carbocycles. The molecule has 1 fully saturated rings. The zero-order valence-corrected chi connectivity index (χ0v) is 21.2. The number of hydrogen-bond acceptors (Lipinski definition) is 5. The number of rotatable bonds is 10. The summed E-state index contributed by atoms with van der Waals surface area (Å²) in [6.45, 7) is 5.58. The molecule has 1 aromatic carbocycles. The SMILES string of the molecule is CCCCN(CCNC(=O)c1c2c(nc3ccccc13)C(=O)N(C1CCCCC1)C2)Cc1ccco1. The van der Waals surface area contributed by atoms with Crippen molar-refractivity contribution in [3.63, 3.8) is 0 Å². The number of carbonyl (C=O) groups excluding carboxylic acids is 2. The van der Waals surface area contributed by atoms with Crippen molar-refractivity contribution >= 4 is 22.7 Å². The van der Waals surface area contributed by atoms with Crippen molar-refractivity contribution in [2.24, 2.45) is 0 Å².